The van der Waals surface area contributed by atoms with Crippen molar-refractivity contribution in [3.05, 3.63) is 35.9 Å². The summed E-state index contributed by atoms with van der Waals surface area (Å²) in [5.74, 6) is -0.147. The molecule has 0 bridgehead atoms. The maximum Gasteiger partial charge on any atom is 0.305 e. The lowest BCUT2D eigenvalue weighted by molar-refractivity contribution is -0.143. The zero-order valence-corrected chi connectivity index (χ0v) is 9.65. The van der Waals surface area contributed by atoms with Crippen LogP contribution in [0.2, 0.25) is 0 Å². The first kappa shape index (κ1) is 12.7. The van der Waals surface area contributed by atoms with Crippen LogP contribution in [0.25, 0.3) is 0 Å². The van der Waals surface area contributed by atoms with Gasteiger partial charge >= 0.3 is 5.97 Å². The Hall–Kier alpha value is -1.35. The number of carbonyl (C=O) groups excluding carboxylic acids is 1. The zero-order chi connectivity index (χ0) is 11.6. The second kappa shape index (κ2) is 7.88. The summed E-state index contributed by atoms with van der Waals surface area (Å²) in [6.45, 7) is 3.45. The van der Waals surface area contributed by atoms with E-state index in [1.54, 1.807) is 0 Å². The predicted octanol–water partition coefficient (Wildman–Crippen LogP) is 2.55. The Balaban J connectivity index is 2.02. The van der Waals surface area contributed by atoms with Crippen molar-refractivity contribution in [1.82, 2.24) is 0 Å². The first-order chi connectivity index (χ1) is 7.83. The molecule has 0 amide bonds. The highest BCUT2D eigenvalue weighted by Gasteiger charge is 2.00. The van der Waals surface area contributed by atoms with Gasteiger partial charge in [0.15, 0.2) is 0 Å². The molecule has 0 atom stereocenters. The molecule has 88 valence electrons. The van der Waals surface area contributed by atoms with Crippen LogP contribution in [-0.4, -0.2) is 19.2 Å². The van der Waals surface area contributed by atoms with Gasteiger partial charge in [0.2, 0.25) is 0 Å². The molecule has 0 aliphatic heterocycles. The van der Waals surface area contributed by atoms with Crippen molar-refractivity contribution in [2.75, 3.05) is 13.2 Å². The minimum atomic E-state index is -0.147. The summed E-state index contributed by atoms with van der Waals surface area (Å²) >= 11 is 0. The van der Waals surface area contributed by atoms with Gasteiger partial charge in [-0.2, -0.15) is 0 Å². The summed E-state index contributed by atoms with van der Waals surface area (Å²) in [4.78, 5) is 11.0. The minimum Gasteiger partial charge on any atom is -0.466 e. The van der Waals surface area contributed by atoms with Gasteiger partial charge in [0.1, 0.15) is 0 Å². The molecule has 0 saturated heterocycles. The number of hydrogen-bond acceptors (Lipinski definition) is 3. The molecule has 0 radical (unpaired) electrons. The van der Waals surface area contributed by atoms with Gasteiger partial charge in [0, 0.05) is 13.0 Å². The first-order valence-corrected chi connectivity index (χ1v) is 5.60. The van der Waals surface area contributed by atoms with E-state index in [1.807, 2.05) is 37.3 Å². The van der Waals surface area contributed by atoms with E-state index in [1.165, 1.54) is 0 Å². The maximum absolute atomic E-state index is 11.0. The molecule has 0 aliphatic rings. The molecule has 0 spiro atoms. The third-order valence-corrected chi connectivity index (χ3v) is 2.09. The van der Waals surface area contributed by atoms with Gasteiger partial charge in [-0.05, 0) is 18.9 Å². The van der Waals surface area contributed by atoms with E-state index in [9.17, 15) is 4.79 Å². The van der Waals surface area contributed by atoms with Crippen LogP contribution >= 0.6 is 0 Å². The number of esters is 1. The molecule has 0 unspecified atom stereocenters. The predicted molar refractivity (Wildman–Crippen MR) is 62.0 cm³/mol. The van der Waals surface area contributed by atoms with Crippen LogP contribution in [0.15, 0.2) is 30.3 Å². The van der Waals surface area contributed by atoms with E-state index < -0.39 is 0 Å². The van der Waals surface area contributed by atoms with Gasteiger partial charge < -0.3 is 9.47 Å². The van der Waals surface area contributed by atoms with E-state index in [0.29, 0.717) is 32.7 Å². The Morgan fingerprint density at radius 2 is 2.00 bits per heavy atom. The smallest absolute Gasteiger partial charge is 0.305 e. The molecule has 0 N–H and O–H groups in total. The standard InChI is InChI=1S/C13H18O3/c1-2-16-13(14)9-6-10-15-11-12-7-4-3-5-8-12/h3-5,7-8H,2,6,9-11H2,1H3. The molecule has 3 heteroatoms. The maximum atomic E-state index is 11.0. The number of carbonyl (C=O) groups is 1. The van der Waals surface area contributed by atoms with Crippen LogP contribution in [0.5, 0.6) is 0 Å². The van der Waals surface area contributed by atoms with E-state index in [4.69, 9.17) is 9.47 Å². The molecule has 1 aromatic rings. The molecule has 0 saturated carbocycles. The van der Waals surface area contributed by atoms with Crippen LogP contribution in [0.4, 0.5) is 0 Å². The molecule has 0 aliphatic carbocycles. The van der Waals surface area contributed by atoms with Crippen molar-refractivity contribution in [2.45, 2.75) is 26.4 Å². The lowest BCUT2D eigenvalue weighted by atomic mass is 10.2. The van der Waals surface area contributed by atoms with Crippen LogP contribution in [0, 0.1) is 0 Å². The number of ether oxygens (including phenoxy) is 2. The summed E-state index contributed by atoms with van der Waals surface area (Å²) in [5, 5.41) is 0. The summed E-state index contributed by atoms with van der Waals surface area (Å²) in [6, 6.07) is 9.98. The normalized spacial score (nSPS) is 10.1. The van der Waals surface area contributed by atoms with Gasteiger partial charge in [0.25, 0.3) is 0 Å². The molecule has 0 aromatic heterocycles. The first-order valence-electron chi connectivity index (χ1n) is 5.60. The molecule has 1 rings (SSSR count). The van der Waals surface area contributed by atoms with Crippen LogP contribution in [-0.2, 0) is 20.9 Å². The molecular weight excluding hydrogens is 204 g/mol. The molecule has 0 fully saturated rings. The molecule has 16 heavy (non-hydrogen) atoms. The monoisotopic (exact) mass is 222 g/mol. The van der Waals surface area contributed by atoms with Gasteiger partial charge in [-0.15, -0.1) is 0 Å². The summed E-state index contributed by atoms with van der Waals surface area (Å²) in [7, 11) is 0. The van der Waals surface area contributed by atoms with Crippen molar-refractivity contribution < 1.29 is 14.3 Å². The van der Waals surface area contributed by atoms with Gasteiger partial charge in [-0.25, -0.2) is 0 Å². The number of benzene rings is 1. The van der Waals surface area contributed by atoms with E-state index in [0.717, 1.165) is 5.56 Å². The van der Waals surface area contributed by atoms with Gasteiger partial charge in [-0.3, -0.25) is 4.79 Å². The topological polar surface area (TPSA) is 35.5 Å². The number of rotatable bonds is 7. The number of hydrogen-bond donors (Lipinski definition) is 0. The van der Waals surface area contributed by atoms with Crippen molar-refractivity contribution in [3.8, 4) is 0 Å². The van der Waals surface area contributed by atoms with E-state index in [2.05, 4.69) is 0 Å². The van der Waals surface area contributed by atoms with Crippen molar-refractivity contribution >= 4 is 5.97 Å². The summed E-state index contributed by atoms with van der Waals surface area (Å²) < 4.78 is 10.3. The average Bonchev–Trinajstić information content (AvgIpc) is 2.30. The molecular formula is C13H18O3. The Bertz CT molecular complexity index is 295. The van der Waals surface area contributed by atoms with Crippen molar-refractivity contribution in [1.29, 1.82) is 0 Å². The average molecular weight is 222 g/mol. The summed E-state index contributed by atoms with van der Waals surface area (Å²) in [6.07, 6.45) is 1.15. The zero-order valence-electron chi connectivity index (χ0n) is 9.65. The quantitative estimate of drug-likeness (QED) is 0.525. The van der Waals surface area contributed by atoms with Gasteiger partial charge in [-0.1, -0.05) is 30.3 Å². The highest BCUT2D eigenvalue weighted by Crippen LogP contribution is 2.01. The third-order valence-electron chi connectivity index (χ3n) is 2.09. The Morgan fingerprint density at radius 1 is 1.25 bits per heavy atom. The second-order valence-electron chi connectivity index (χ2n) is 3.45. The fourth-order valence-corrected chi connectivity index (χ4v) is 1.32. The van der Waals surface area contributed by atoms with Gasteiger partial charge in [0.05, 0.1) is 13.2 Å². The molecule has 3 nitrogen and oxygen atoms in total. The van der Waals surface area contributed by atoms with Crippen LogP contribution < -0.4 is 0 Å². The van der Waals surface area contributed by atoms with Crippen LogP contribution in [0.3, 0.4) is 0 Å². The minimum absolute atomic E-state index is 0.147. The van der Waals surface area contributed by atoms with E-state index in [-0.39, 0.29) is 5.97 Å². The fraction of sp³-hybridized carbons (Fsp3) is 0.462. The Kier molecular flexibility index (Phi) is 6.26. The molecule has 0 heterocycles. The fourth-order valence-electron chi connectivity index (χ4n) is 1.32. The lowest BCUT2D eigenvalue weighted by Gasteiger charge is -2.04. The van der Waals surface area contributed by atoms with Crippen molar-refractivity contribution in [2.24, 2.45) is 0 Å². The highest BCUT2D eigenvalue weighted by molar-refractivity contribution is 5.69. The Morgan fingerprint density at radius 3 is 2.69 bits per heavy atom. The largest absolute Gasteiger partial charge is 0.466 e. The van der Waals surface area contributed by atoms with E-state index >= 15 is 0 Å². The highest BCUT2D eigenvalue weighted by atomic mass is 16.5. The second-order valence-corrected chi connectivity index (χ2v) is 3.45. The van der Waals surface area contributed by atoms with Crippen molar-refractivity contribution in [3.63, 3.8) is 0 Å². The lowest BCUT2D eigenvalue weighted by Crippen LogP contribution is -2.05. The SMILES string of the molecule is CCOC(=O)CCCOCc1ccccc1. The molecule has 1 aromatic carbocycles. The third kappa shape index (κ3) is 5.51. The Labute approximate surface area is 96.4 Å². The summed E-state index contributed by atoms with van der Waals surface area (Å²) in [5.41, 5.74) is 1.15. The van der Waals surface area contributed by atoms with Crippen LogP contribution in [0.1, 0.15) is 25.3 Å².